The molecule has 6 rings (SSSR count). The van der Waals surface area contributed by atoms with Crippen molar-refractivity contribution in [1.29, 1.82) is 0 Å². The van der Waals surface area contributed by atoms with Gasteiger partial charge in [-0.25, -0.2) is 13.8 Å². The van der Waals surface area contributed by atoms with Crippen LogP contribution in [-0.2, 0) is 7.05 Å². The van der Waals surface area contributed by atoms with E-state index in [-0.39, 0.29) is 23.4 Å². The second kappa shape index (κ2) is 5.91. The van der Waals surface area contributed by atoms with Crippen LogP contribution in [0.5, 0.6) is 0 Å². The molecule has 1 aliphatic carbocycles. The van der Waals surface area contributed by atoms with Gasteiger partial charge in [-0.3, -0.25) is 9.48 Å². The summed E-state index contributed by atoms with van der Waals surface area (Å²) in [5.74, 6) is 0.0777. The summed E-state index contributed by atoms with van der Waals surface area (Å²) in [5.41, 5.74) is 3.02. The standard InChI is InChI=1S/C19H15F2N7OS/c1-8-9-4-15(30-18(9)26(2)25-8)17(29)27-6-11(10-3-13(10)27)14-5-12(16(20)21)24-19-22-7-23-28(14)19/h4-5,7,13,16H,3,6H2,1-2H3/t13-/m0/s1. The van der Waals surface area contributed by atoms with E-state index in [0.29, 0.717) is 17.1 Å². The lowest BCUT2D eigenvalue weighted by Gasteiger charge is -2.19. The molecule has 0 N–H and O–H groups in total. The number of hydrogen-bond donors (Lipinski definition) is 0. The van der Waals surface area contributed by atoms with Crippen molar-refractivity contribution in [1.82, 2.24) is 34.3 Å². The fourth-order valence-corrected chi connectivity index (χ4v) is 5.30. The molecule has 4 aromatic rings. The monoisotopic (exact) mass is 427 g/mol. The molecule has 5 heterocycles. The Morgan fingerprint density at radius 1 is 1.33 bits per heavy atom. The molecule has 30 heavy (non-hydrogen) atoms. The van der Waals surface area contributed by atoms with Crippen LogP contribution in [-0.4, -0.2) is 52.8 Å². The van der Waals surface area contributed by atoms with E-state index in [2.05, 4.69) is 20.2 Å². The van der Waals surface area contributed by atoms with Crippen molar-refractivity contribution in [2.24, 2.45) is 7.05 Å². The summed E-state index contributed by atoms with van der Waals surface area (Å²) in [4.78, 5) is 24.5. The first-order chi connectivity index (χ1) is 14.4. The zero-order chi connectivity index (χ0) is 20.7. The summed E-state index contributed by atoms with van der Waals surface area (Å²) in [7, 11) is 1.86. The summed E-state index contributed by atoms with van der Waals surface area (Å²) in [5, 5.41) is 9.50. The Morgan fingerprint density at radius 3 is 2.93 bits per heavy atom. The van der Waals surface area contributed by atoms with Crippen molar-refractivity contribution in [2.75, 3.05) is 6.54 Å². The van der Waals surface area contributed by atoms with Crippen LogP contribution < -0.4 is 0 Å². The zero-order valence-corrected chi connectivity index (χ0v) is 16.8. The number of amides is 1. The quantitative estimate of drug-likeness (QED) is 0.502. The van der Waals surface area contributed by atoms with Crippen molar-refractivity contribution in [3.05, 3.63) is 46.0 Å². The zero-order valence-electron chi connectivity index (χ0n) is 16.0. The molecule has 152 valence electrons. The number of aromatic nitrogens is 6. The van der Waals surface area contributed by atoms with Crippen molar-refractivity contribution >= 4 is 38.8 Å². The third-order valence-corrected chi connectivity index (χ3v) is 6.91. The Labute approximate surface area is 172 Å². The average Bonchev–Trinajstić information content (AvgIpc) is 3.10. The van der Waals surface area contributed by atoms with Gasteiger partial charge in [0.05, 0.1) is 22.3 Å². The third-order valence-electron chi connectivity index (χ3n) is 5.72. The third kappa shape index (κ3) is 2.38. The number of aryl methyl sites for hydroxylation is 2. The van der Waals surface area contributed by atoms with Gasteiger partial charge in [0, 0.05) is 19.0 Å². The van der Waals surface area contributed by atoms with Crippen LogP contribution in [0.15, 0.2) is 24.0 Å². The van der Waals surface area contributed by atoms with E-state index in [4.69, 9.17) is 0 Å². The molecule has 1 amide bonds. The predicted molar refractivity (Wildman–Crippen MR) is 105 cm³/mol. The molecular weight excluding hydrogens is 412 g/mol. The molecule has 11 heteroatoms. The molecule has 8 nitrogen and oxygen atoms in total. The number of hydrogen-bond acceptors (Lipinski definition) is 6. The molecule has 0 saturated heterocycles. The van der Waals surface area contributed by atoms with E-state index in [9.17, 15) is 13.6 Å². The van der Waals surface area contributed by atoms with E-state index in [1.165, 1.54) is 28.2 Å². The molecule has 0 spiro atoms. The van der Waals surface area contributed by atoms with Crippen molar-refractivity contribution < 1.29 is 13.6 Å². The first kappa shape index (κ1) is 17.6. The van der Waals surface area contributed by atoms with Gasteiger partial charge in [0.15, 0.2) is 0 Å². The molecule has 1 atom stereocenters. The predicted octanol–water partition coefficient (Wildman–Crippen LogP) is 3.00. The minimum absolute atomic E-state index is 0.0127. The van der Waals surface area contributed by atoms with Gasteiger partial charge >= 0.3 is 0 Å². The molecule has 0 bridgehead atoms. The van der Waals surface area contributed by atoms with Crippen molar-refractivity contribution in [3.8, 4) is 0 Å². The number of fused-ring (bicyclic) bond motifs is 3. The second-order valence-corrected chi connectivity index (χ2v) is 8.56. The maximum Gasteiger partial charge on any atom is 0.280 e. The maximum absolute atomic E-state index is 13.3. The van der Waals surface area contributed by atoms with Gasteiger partial charge in [-0.1, -0.05) is 0 Å². The number of alkyl halides is 2. The van der Waals surface area contributed by atoms with E-state index in [1.807, 2.05) is 24.9 Å². The van der Waals surface area contributed by atoms with Gasteiger partial charge in [0.25, 0.3) is 18.1 Å². The maximum atomic E-state index is 13.3. The second-order valence-electron chi connectivity index (χ2n) is 7.53. The Morgan fingerprint density at radius 2 is 2.17 bits per heavy atom. The van der Waals surface area contributed by atoms with Crippen LogP contribution in [0.25, 0.3) is 21.6 Å². The first-order valence-electron chi connectivity index (χ1n) is 9.37. The molecule has 1 aliphatic heterocycles. The fourth-order valence-electron chi connectivity index (χ4n) is 4.22. The summed E-state index contributed by atoms with van der Waals surface area (Å²) < 4.78 is 29.9. The lowest BCUT2D eigenvalue weighted by molar-refractivity contribution is 0.0782. The normalized spacial score (nSPS) is 18.3. The van der Waals surface area contributed by atoms with Gasteiger partial charge in [-0.15, -0.1) is 11.3 Å². The Balaban J connectivity index is 1.36. The molecular formula is C19H15F2N7OS. The molecule has 0 radical (unpaired) electrons. The summed E-state index contributed by atoms with van der Waals surface area (Å²) >= 11 is 1.42. The van der Waals surface area contributed by atoms with Crippen molar-refractivity contribution in [2.45, 2.75) is 25.8 Å². The fraction of sp³-hybridized carbons (Fsp3) is 0.316. The summed E-state index contributed by atoms with van der Waals surface area (Å²) in [6.07, 6.45) is -0.669. The Hall–Kier alpha value is -3.21. The first-order valence-corrected chi connectivity index (χ1v) is 10.2. The number of rotatable bonds is 3. The van der Waals surface area contributed by atoms with E-state index < -0.39 is 6.43 Å². The lowest BCUT2D eigenvalue weighted by Crippen LogP contribution is -2.31. The van der Waals surface area contributed by atoms with Crippen LogP contribution in [0.3, 0.4) is 0 Å². The SMILES string of the molecule is Cc1nn(C)c2sc(C(=O)N3CC(c4cc(C(F)F)nc5ncnn45)=C4C[C@@H]43)cc12. The van der Waals surface area contributed by atoms with Crippen LogP contribution in [0.1, 0.15) is 39.6 Å². The van der Waals surface area contributed by atoms with E-state index in [0.717, 1.165) is 33.5 Å². The van der Waals surface area contributed by atoms with Gasteiger partial charge in [-0.05, 0) is 36.6 Å². The van der Waals surface area contributed by atoms with Crippen LogP contribution in [0.2, 0.25) is 0 Å². The number of carbonyl (C=O) groups excluding carboxylic acids is 1. The summed E-state index contributed by atoms with van der Waals surface area (Å²) in [6, 6.07) is 3.26. The van der Waals surface area contributed by atoms with Crippen LogP contribution in [0, 0.1) is 6.92 Å². The topological polar surface area (TPSA) is 81.2 Å². The molecule has 0 unspecified atom stereocenters. The van der Waals surface area contributed by atoms with Gasteiger partial charge in [-0.2, -0.15) is 19.7 Å². The average molecular weight is 427 g/mol. The molecule has 2 aliphatic rings. The summed E-state index contributed by atoms with van der Waals surface area (Å²) in [6.45, 7) is 2.27. The molecule has 0 aromatic carbocycles. The minimum atomic E-state index is -2.71. The molecule has 1 fully saturated rings. The van der Waals surface area contributed by atoms with Gasteiger partial charge in [0.2, 0.25) is 0 Å². The van der Waals surface area contributed by atoms with Crippen molar-refractivity contribution in [3.63, 3.8) is 0 Å². The van der Waals surface area contributed by atoms with Crippen LogP contribution >= 0.6 is 11.3 Å². The van der Waals surface area contributed by atoms with Gasteiger partial charge in [0.1, 0.15) is 16.9 Å². The molecule has 1 saturated carbocycles. The van der Waals surface area contributed by atoms with Crippen LogP contribution in [0.4, 0.5) is 8.78 Å². The number of halogens is 2. The largest absolute Gasteiger partial charge is 0.326 e. The minimum Gasteiger partial charge on any atom is -0.326 e. The number of thiophene rings is 1. The highest BCUT2D eigenvalue weighted by Gasteiger charge is 2.47. The number of carbonyl (C=O) groups is 1. The smallest absolute Gasteiger partial charge is 0.280 e. The van der Waals surface area contributed by atoms with E-state index >= 15 is 0 Å². The lowest BCUT2D eigenvalue weighted by atomic mass is 10.1. The van der Waals surface area contributed by atoms with Gasteiger partial charge < -0.3 is 4.90 Å². The molecule has 4 aromatic heterocycles. The highest BCUT2D eigenvalue weighted by atomic mass is 32.1. The highest BCUT2D eigenvalue weighted by molar-refractivity contribution is 7.20. The van der Waals surface area contributed by atoms with E-state index in [1.54, 1.807) is 4.68 Å². The Kier molecular flexibility index (Phi) is 3.47. The Bertz CT molecular complexity index is 1360. The highest BCUT2D eigenvalue weighted by Crippen LogP contribution is 2.48. The number of nitrogens with zero attached hydrogens (tertiary/aromatic N) is 7.